The monoisotopic (exact) mass is 365 g/mol. The maximum absolute atomic E-state index is 12.5. The van der Waals surface area contributed by atoms with E-state index in [4.69, 9.17) is 9.47 Å². The number of hydrogen-bond acceptors (Lipinski definition) is 5. The topological polar surface area (TPSA) is 85.5 Å². The minimum absolute atomic E-state index is 0.126. The van der Waals surface area contributed by atoms with Crippen molar-refractivity contribution < 1.29 is 19.1 Å². The van der Waals surface area contributed by atoms with Crippen LogP contribution in [0.25, 0.3) is 10.9 Å². The zero-order valence-electron chi connectivity index (χ0n) is 15.0. The van der Waals surface area contributed by atoms with Crippen molar-refractivity contribution in [3.8, 4) is 5.75 Å². The Labute approximate surface area is 155 Å². The van der Waals surface area contributed by atoms with E-state index in [9.17, 15) is 14.4 Å². The molecule has 1 N–H and O–H groups in total. The first-order valence-electron chi connectivity index (χ1n) is 8.59. The van der Waals surface area contributed by atoms with Gasteiger partial charge in [-0.3, -0.25) is 9.59 Å². The summed E-state index contributed by atoms with van der Waals surface area (Å²) in [6.07, 6.45) is -0.992. The number of benzene rings is 2. The Bertz CT molecular complexity index is 1040. The summed E-state index contributed by atoms with van der Waals surface area (Å²) in [4.78, 5) is 39.5. The van der Waals surface area contributed by atoms with Crippen LogP contribution in [0.3, 0.4) is 0 Å². The molecule has 1 aromatic heterocycles. The molecule has 27 heavy (non-hydrogen) atoms. The van der Waals surface area contributed by atoms with E-state index in [-0.39, 0.29) is 11.3 Å². The Balaban J connectivity index is 1.79. The molecule has 1 heterocycles. The number of aromatic nitrogens is 1. The van der Waals surface area contributed by atoms with E-state index in [1.165, 1.54) is 13.0 Å². The summed E-state index contributed by atoms with van der Waals surface area (Å²) in [6, 6.07) is 14.7. The van der Waals surface area contributed by atoms with Crippen LogP contribution in [-0.4, -0.2) is 29.4 Å². The Kier molecular flexibility index (Phi) is 5.35. The summed E-state index contributed by atoms with van der Waals surface area (Å²) in [7, 11) is 0. The summed E-state index contributed by atoms with van der Waals surface area (Å²) < 4.78 is 10.7. The molecule has 0 unspecified atom stereocenters. The molecule has 2 aromatic carbocycles. The lowest BCUT2D eigenvalue weighted by atomic mass is 10.1. The smallest absolute Gasteiger partial charge is 0.339 e. The largest absolute Gasteiger partial charge is 0.494 e. The van der Waals surface area contributed by atoms with E-state index in [0.29, 0.717) is 28.8 Å². The maximum Gasteiger partial charge on any atom is 0.339 e. The number of fused-ring (bicyclic) bond motifs is 1. The Hall–Kier alpha value is -3.41. The van der Waals surface area contributed by atoms with Crippen LogP contribution >= 0.6 is 0 Å². The fourth-order valence-electron chi connectivity index (χ4n) is 2.77. The normalized spacial score (nSPS) is 11.8. The summed E-state index contributed by atoms with van der Waals surface area (Å²) >= 11 is 0. The van der Waals surface area contributed by atoms with Gasteiger partial charge >= 0.3 is 5.97 Å². The van der Waals surface area contributed by atoms with Crippen molar-refractivity contribution >= 4 is 22.7 Å². The molecule has 0 aliphatic carbocycles. The van der Waals surface area contributed by atoms with Crippen molar-refractivity contribution in [2.24, 2.45) is 0 Å². The van der Waals surface area contributed by atoms with E-state index in [1.54, 1.807) is 48.5 Å². The minimum atomic E-state index is -0.992. The van der Waals surface area contributed by atoms with Crippen molar-refractivity contribution in [2.45, 2.75) is 20.0 Å². The van der Waals surface area contributed by atoms with Crippen molar-refractivity contribution in [1.29, 1.82) is 0 Å². The first-order chi connectivity index (χ1) is 13.0. The third-order valence-electron chi connectivity index (χ3n) is 4.07. The van der Waals surface area contributed by atoms with Gasteiger partial charge in [0.15, 0.2) is 6.10 Å². The predicted molar refractivity (Wildman–Crippen MR) is 101 cm³/mol. The summed E-state index contributed by atoms with van der Waals surface area (Å²) in [5.41, 5.74) is 0.656. The average molecular weight is 365 g/mol. The number of ether oxygens (including phenoxy) is 2. The van der Waals surface area contributed by atoms with Gasteiger partial charge in [0.2, 0.25) is 11.3 Å². The number of ketones is 1. The van der Waals surface area contributed by atoms with Crippen LogP contribution in [0.4, 0.5) is 0 Å². The Morgan fingerprint density at radius 3 is 2.48 bits per heavy atom. The van der Waals surface area contributed by atoms with Crippen LogP contribution in [0.1, 0.15) is 34.6 Å². The average Bonchev–Trinajstić information content (AvgIpc) is 2.67. The lowest BCUT2D eigenvalue weighted by Crippen LogP contribution is -2.25. The summed E-state index contributed by atoms with van der Waals surface area (Å²) in [5.74, 6) is -0.390. The number of rotatable bonds is 6. The number of nitrogens with one attached hydrogen (secondary N) is 1. The number of carbonyl (C=O) groups excluding carboxylic acids is 2. The fourth-order valence-corrected chi connectivity index (χ4v) is 2.77. The molecule has 3 aromatic rings. The van der Waals surface area contributed by atoms with Gasteiger partial charge in [-0.25, -0.2) is 4.79 Å². The maximum atomic E-state index is 12.5. The van der Waals surface area contributed by atoms with Crippen molar-refractivity contribution in [1.82, 2.24) is 4.98 Å². The van der Waals surface area contributed by atoms with Crippen LogP contribution < -0.4 is 10.3 Å². The number of aromatic amines is 1. The fraction of sp³-hybridized carbons (Fsp3) is 0.190. The van der Waals surface area contributed by atoms with Crippen molar-refractivity contribution in [2.75, 3.05) is 6.61 Å². The zero-order chi connectivity index (χ0) is 19.4. The molecule has 1 atom stereocenters. The predicted octanol–water partition coefficient (Wildman–Crippen LogP) is 3.36. The molecule has 0 aliphatic rings. The highest BCUT2D eigenvalue weighted by molar-refractivity contribution is 6.05. The van der Waals surface area contributed by atoms with Crippen LogP contribution in [-0.2, 0) is 4.74 Å². The second-order valence-electron chi connectivity index (χ2n) is 5.96. The molecule has 138 valence electrons. The number of para-hydroxylation sites is 1. The molecule has 0 aliphatic heterocycles. The highest BCUT2D eigenvalue weighted by atomic mass is 16.5. The molecular formula is C21H19NO5. The van der Waals surface area contributed by atoms with Gasteiger partial charge in [-0.05, 0) is 44.2 Å². The van der Waals surface area contributed by atoms with Gasteiger partial charge in [0, 0.05) is 22.5 Å². The third kappa shape index (κ3) is 4.06. The van der Waals surface area contributed by atoms with E-state index in [2.05, 4.69) is 4.98 Å². The molecule has 3 rings (SSSR count). The van der Waals surface area contributed by atoms with Crippen molar-refractivity contribution in [3.63, 3.8) is 0 Å². The molecule has 0 amide bonds. The first kappa shape index (κ1) is 18.4. The SMILES string of the molecule is CCOc1ccc(C(=O)[C@H](C)OC(=O)c2cc(=O)[nH]c3ccccc23)cc1. The highest BCUT2D eigenvalue weighted by Gasteiger charge is 2.22. The molecule has 0 saturated heterocycles. The Morgan fingerprint density at radius 2 is 1.78 bits per heavy atom. The zero-order valence-corrected chi connectivity index (χ0v) is 15.0. The number of esters is 1. The minimum Gasteiger partial charge on any atom is -0.494 e. The second-order valence-corrected chi connectivity index (χ2v) is 5.96. The molecule has 0 spiro atoms. The van der Waals surface area contributed by atoms with Crippen molar-refractivity contribution in [3.05, 3.63) is 76.1 Å². The van der Waals surface area contributed by atoms with E-state index >= 15 is 0 Å². The van der Waals surface area contributed by atoms with Gasteiger partial charge in [-0.2, -0.15) is 0 Å². The van der Waals surface area contributed by atoms with Gasteiger partial charge in [0.05, 0.1) is 12.2 Å². The highest BCUT2D eigenvalue weighted by Crippen LogP contribution is 2.18. The lowest BCUT2D eigenvalue weighted by Gasteiger charge is -2.13. The molecule has 6 heteroatoms. The van der Waals surface area contributed by atoms with E-state index in [1.807, 2.05) is 6.92 Å². The first-order valence-corrected chi connectivity index (χ1v) is 8.59. The van der Waals surface area contributed by atoms with Crippen LogP contribution in [0, 0.1) is 0 Å². The van der Waals surface area contributed by atoms with Crippen LogP contribution in [0.5, 0.6) is 5.75 Å². The lowest BCUT2D eigenvalue weighted by molar-refractivity contribution is 0.0320. The second kappa shape index (κ2) is 7.86. The van der Waals surface area contributed by atoms with Gasteiger partial charge in [0.25, 0.3) is 0 Å². The summed E-state index contributed by atoms with van der Waals surface area (Å²) in [5, 5.41) is 0.558. The summed E-state index contributed by atoms with van der Waals surface area (Å²) in [6.45, 7) is 3.91. The molecule has 0 bridgehead atoms. The number of Topliss-reactive ketones (excluding diaryl/α,β-unsaturated/α-hetero) is 1. The molecule has 6 nitrogen and oxygen atoms in total. The number of H-pyrrole nitrogens is 1. The number of pyridine rings is 1. The van der Waals surface area contributed by atoms with Gasteiger partial charge < -0.3 is 14.5 Å². The molecule has 0 saturated carbocycles. The number of carbonyl (C=O) groups is 2. The van der Waals surface area contributed by atoms with Crippen LogP contribution in [0.15, 0.2) is 59.4 Å². The van der Waals surface area contributed by atoms with Gasteiger partial charge in [-0.15, -0.1) is 0 Å². The van der Waals surface area contributed by atoms with Gasteiger partial charge in [0.1, 0.15) is 5.75 Å². The standard InChI is InChI=1S/C21H19NO5/c1-3-26-15-10-8-14(9-11-15)20(24)13(2)27-21(25)17-12-19(23)22-18-7-5-4-6-16(17)18/h4-13H,3H2,1-2H3,(H,22,23)/t13-/m0/s1. The molecular weight excluding hydrogens is 346 g/mol. The van der Waals surface area contributed by atoms with Crippen LogP contribution in [0.2, 0.25) is 0 Å². The molecule has 0 radical (unpaired) electrons. The quantitative estimate of drug-likeness (QED) is 0.535. The third-order valence-corrected chi connectivity index (χ3v) is 4.07. The number of hydrogen-bond donors (Lipinski definition) is 1. The van der Waals surface area contributed by atoms with E-state index < -0.39 is 17.6 Å². The molecule has 0 fully saturated rings. The van der Waals surface area contributed by atoms with E-state index in [0.717, 1.165) is 0 Å². The van der Waals surface area contributed by atoms with Gasteiger partial charge in [-0.1, -0.05) is 18.2 Å². The Morgan fingerprint density at radius 1 is 1.07 bits per heavy atom.